The maximum absolute atomic E-state index is 5.73. The number of nitrogen functional groups attached to an aromatic ring is 1. The molecule has 2 rings (SSSR count). The van der Waals surface area contributed by atoms with Crippen molar-refractivity contribution in [2.75, 3.05) is 12.0 Å². The van der Waals surface area contributed by atoms with Crippen LogP contribution in [0.5, 0.6) is 0 Å². The van der Waals surface area contributed by atoms with E-state index in [1.54, 1.807) is 16.4 Å². The van der Waals surface area contributed by atoms with Crippen molar-refractivity contribution in [3.63, 3.8) is 0 Å². The zero-order chi connectivity index (χ0) is 10.8. The Morgan fingerprint density at radius 2 is 1.93 bits per heavy atom. The first-order valence-corrected chi connectivity index (χ1v) is 5.87. The predicted molar refractivity (Wildman–Crippen MR) is 64.8 cm³/mol. The van der Waals surface area contributed by atoms with Gasteiger partial charge in [0, 0.05) is 23.6 Å². The topological polar surface area (TPSA) is 43.8 Å². The van der Waals surface area contributed by atoms with E-state index in [1.165, 1.54) is 4.90 Å². The van der Waals surface area contributed by atoms with Gasteiger partial charge in [-0.1, -0.05) is 12.1 Å². The Balaban J connectivity index is 2.37. The Kier molecular flexibility index (Phi) is 2.68. The molecule has 3 nitrogen and oxygen atoms in total. The monoisotopic (exact) mass is 219 g/mol. The van der Waals surface area contributed by atoms with Gasteiger partial charge in [-0.15, -0.1) is 11.8 Å². The summed E-state index contributed by atoms with van der Waals surface area (Å²) in [6, 6.07) is 10.2. The molecule has 1 aromatic carbocycles. The molecule has 0 aliphatic carbocycles. The standard InChI is InChI=1S/C11H13N3S/c1-14-11(12)7-10(13-14)8-3-5-9(15-2)6-4-8/h3-7H,12H2,1-2H3. The third kappa shape index (κ3) is 1.99. The van der Waals surface area contributed by atoms with Crippen molar-refractivity contribution in [3.05, 3.63) is 30.3 Å². The smallest absolute Gasteiger partial charge is 0.121 e. The highest BCUT2D eigenvalue weighted by molar-refractivity contribution is 7.98. The first kappa shape index (κ1) is 10.1. The van der Waals surface area contributed by atoms with E-state index < -0.39 is 0 Å². The van der Waals surface area contributed by atoms with Gasteiger partial charge in [-0.25, -0.2) is 0 Å². The second-order valence-electron chi connectivity index (χ2n) is 3.31. The molecule has 1 aromatic heterocycles. The Hall–Kier alpha value is -1.42. The van der Waals surface area contributed by atoms with Gasteiger partial charge in [0.25, 0.3) is 0 Å². The lowest BCUT2D eigenvalue weighted by Crippen LogP contribution is -1.96. The highest BCUT2D eigenvalue weighted by Gasteiger charge is 2.04. The molecule has 0 aliphatic rings. The van der Waals surface area contributed by atoms with Crippen molar-refractivity contribution in [2.24, 2.45) is 7.05 Å². The Bertz CT molecular complexity index is 440. The zero-order valence-electron chi connectivity index (χ0n) is 8.77. The van der Waals surface area contributed by atoms with E-state index in [1.807, 2.05) is 13.1 Å². The van der Waals surface area contributed by atoms with E-state index in [2.05, 4.69) is 35.6 Å². The maximum atomic E-state index is 5.73. The summed E-state index contributed by atoms with van der Waals surface area (Å²) in [6.45, 7) is 0. The molecule has 2 N–H and O–H groups in total. The summed E-state index contributed by atoms with van der Waals surface area (Å²) in [4.78, 5) is 1.25. The molecule has 0 atom stereocenters. The second-order valence-corrected chi connectivity index (χ2v) is 4.19. The van der Waals surface area contributed by atoms with Crippen molar-refractivity contribution < 1.29 is 0 Å². The summed E-state index contributed by atoms with van der Waals surface area (Å²) >= 11 is 1.73. The van der Waals surface area contributed by atoms with Crippen LogP contribution in [-0.2, 0) is 7.05 Å². The number of hydrogen-bond donors (Lipinski definition) is 1. The third-order valence-electron chi connectivity index (χ3n) is 2.30. The molecular weight excluding hydrogens is 206 g/mol. The fourth-order valence-corrected chi connectivity index (χ4v) is 1.79. The number of nitrogens with zero attached hydrogens (tertiary/aromatic N) is 2. The number of anilines is 1. The van der Waals surface area contributed by atoms with Crippen LogP contribution in [0.15, 0.2) is 35.2 Å². The van der Waals surface area contributed by atoms with Gasteiger partial charge < -0.3 is 5.73 Å². The van der Waals surface area contributed by atoms with Crippen molar-refractivity contribution in [3.8, 4) is 11.3 Å². The molecular formula is C11H13N3S. The lowest BCUT2D eigenvalue weighted by molar-refractivity contribution is 0.782. The van der Waals surface area contributed by atoms with E-state index in [0.29, 0.717) is 5.82 Å². The van der Waals surface area contributed by atoms with Gasteiger partial charge in [0.1, 0.15) is 5.82 Å². The van der Waals surface area contributed by atoms with Crippen LogP contribution in [-0.4, -0.2) is 16.0 Å². The summed E-state index contributed by atoms with van der Waals surface area (Å²) in [6.07, 6.45) is 2.06. The number of aromatic nitrogens is 2. The highest BCUT2D eigenvalue weighted by atomic mass is 32.2. The lowest BCUT2D eigenvalue weighted by atomic mass is 10.1. The number of benzene rings is 1. The molecule has 78 valence electrons. The zero-order valence-corrected chi connectivity index (χ0v) is 9.58. The molecule has 4 heteroatoms. The van der Waals surface area contributed by atoms with Crippen LogP contribution in [0.2, 0.25) is 0 Å². The summed E-state index contributed by atoms with van der Waals surface area (Å²) in [5.41, 5.74) is 7.75. The second kappa shape index (κ2) is 3.98. The molecule has 0 unspecified atom stereocenters. The van der Waals surface area contributed by atoms with E-state index in [9.17, 15) is 0 Å². The number of hydrogen-bond acceptors (Lipinski definition) is 3. The first-order valence-electron chi connectivity index (χ1n) is 4.64. The van der Waals surface area contributed by atoms with Gasteiger partial charge in [0.05, 0.1) is 5.69 Å². The molecule has 0 spiro atoms. The third-order valence-corrected chi connectivity index (χ3v) is 3.05. The summed E-state index contributed by atoms with van der Waals surface area (Å²) < 4.78 is 1.68. The summed E-state index contributed by atoms with van der Waals surface area (Å²) in [7, 11) is 1.84. The number of rotatable bonds is 2. The van der Waals surface area contributed by atoms with Crippen LogP contribution in [0.4, 0.5) is 5.82 Å². The van der Waals surface area contributed by atoms with Crippen LogP contribution in [0.25, 0.3) is 11.3 Å². The molecule has 0 fully saturated rings. The minimum atomic E-state index is 0.680. The SMILES string of the molecule is CSc1ccc(-c2cc(N)n(C)n2)cc1. The van der Waals surface area contributed by atoms with Crippen molar-refractivity contribution >= 4 is 17.6 Å². The largest absolute Gasteiger partial charge is 0.384 e. The van der Waals surface area contributed by atoms with E-state index in [4.69, 9.17) is 5.73 Å². The first-order chi connectivity index (χ1) is 7.20. The van der Waals surface area contributed by atoms with Crippen LogP contribution in [0.1, 0.15) is 0 Å². The summed E-state index contributed by atoms with van der Waals surface area (Å²) in [5.74, 6) is 0.680. The van der Waals surface area contributed by atoms with Gasteiger partial charge in [0.15, 0.2) is 0 Å². The number of aryl methyl sites for hydroxylation is 1. The van der Waals surface area contributed by atoms with E-state index >= 15 is 0 Å². The molecule has 0 saturated heterocycles. The quantitative estimate of drug-likeness (QED) is 0.789. The van der Waals surface area contributed by atoms with E-state index in [0.717, 1.165) is 11.3 Å². The average molecular weight is 219 g/mol. The minimum Gasteiger partial charge on any atom is -0.384 e. The average Bonchev–Trinajstić information content (AvgIpc) is 2.59. The van der Waals surface area contributed by atoms with Crippen LogP contribution in [0.3, 0.4) is 0 Å². The lowest BCUT2D eigenvalue weighted by Gasteiger charge is -1.98. The minimum absolute atomic E-state index is 0.680. The predicted octanol–water partition coefficient (Wildman–Crippen LogP) is 2.39. The fraction of sp³-hybridized carbons (Fsp3) is 0.182. The normalized spacial score (nSPS) is 10.5. The van der Waals surface area contributed by atoms with Crippen molar-refractivity contribution in [2.45, 2.75) is 4.90 Å². The highest BCUT2D eigenvalue weighted by Crippen LogP contribution is 2.23. The molecule has 1 heterocycles. The van der Waals surface area contributed by atoms with Crippen LogP contribution >= 0.6 is 11.8 Å². The Labute approximate surface area is 93.3 Å². The number of nitrogens with two attached hydrogens (primary N) is 1. The Morgan fingerprint density at radius 1 is 1.27 bits per heavy atom. The Morgan fingerprint density at radius 3 is 2.40 bits per heavy atom. The molecule has 2 aromatic rings. The number of thioether (sulfide) groups is 1. The van der Waals surface area contributed by atoms with Gasteiger partial charge in [-0.3, -0.25) is 4.68 Å². The summed E-state index contributed by atoms with van der Waals surface area (Å²) in [5, 5.41) is 4.32. The van der Waals surface area contributed by atoms with Gasteiger partial charge in [-0.05, 0) is 18.4 Å². The van der Waals surface area contributed by atoms with Crippen LogP contribution in [0, 0.1) is 0 Å². The molecule has 15 heavy (non-hydrogen) atoms. The molecule has 0 amide bonds. The van der Waals surface area contributed by atoms with Gasteiger partial charge >= 0.3 is 0 Å². The van der Waals surface area contributed by atoms with Gasteiger partial charge in [0.2, 0.25) is 0 Å². The van der Waals surface area contributed by atoms with Crippen LogP contribution < -0.4 is 5.73 Å². The maximum Gasteiger partial charge on any atom is 0.121 e. The van der Waals surface area contributed by atoms with Crippen molar-refractivity contribution in [1.29, 1.82) is 0 Å². The molecule has 0 saturated carbocycles. The van der Waals surface area contributed by atoms with Crippen molar-refractivity contribution in [1.82, 2.24) is 9.78 Å². The molecule has 0 radical (unpaired) electrons. The van der Waals surface area contributed by atoms with E-state index in [-0.39, 0.29) is 0 Å². The van der Waals surface area contributed by atoms with Gasteiger partial charge in [-0.2, -0.15) is 5.10 Å². The molecule has 0 aliphatic heterocycles. The fourth-order valence-electron chi connectivity index (χ4n) is 1.38. The molecule has 0 bridgehead atoms.